The summed E-state index contributed by atoms with van der Waals surface area (Å²) in [5.74, 6) is 3.49. The summed E-state index contributed by atoms with van der Waals surface area (Å²) in [5.41, 5.74) is 11.2. The number of phenolic OH excluding ortho intramolecular Hbond substituents is 1. The minimum absolute atomic E-state index is 0. The molecule has 0 aliphatic carbocycles. The molecule has 0 aromatic heterocycles. The van der Waals surface area contributed by atoms with E-state index in [2.05, 4.69) is 199 Å². The van der Waals surface area contributed by atoms with E-state index in [0.29, 0.717) is 12.2 Å². The molecule has 10 aromatic carbocycles. The first-order chi connectivity index (χ1) is 52.4. The normalized spacial score (nSPS) is 11.7. The summed E-state index contributed by atoms with van der Waals surface area (Å²) < 4.78 is 27.7. The van der Waals surface area contributed by atoms with Crippen LogP contribution in [0.3, 0.4) is 0 Å². The van der Waals surface area contributed by atoms with Gasteiger partial charge in [-0.25, -0.2) is 4.21 Å². The van der Waals surface area contributed by atoms with Crippen LogP contribution in [0.15, 0.2) is 279 Å². The molecule has 0 heterocycles. The number of rotatable bonds is 30. The maximum Gasteiger partial charge on any atom is 0.211 e. The molecule has 604 valence electrons. The van der Waals surface area contributed by atoms with Crippen molar-refractivity contribution >= 4 is 72.8 Å². The van der Waals surface area contributed by atoms with Gasteiger partial charge in [0, 0.05) is 72.2 Å². The minimum Gasteiger partial charge on any atom is -0.508 e. The van der Waals surface area contributed by atoms with Gasteiger partial charge in [-0.05, 0) is 205 Å². The van der Waals surface area contributed by atoms with Crippen LogP contribution in [0.4, 0.5) is 0 Å². The highest BCUT2D eigenvalue weighted by Crippen LogP contribution is 2.31. The number of aliphatic hydroxyl groups is 1. The summed E-state index contributed by atoms with van der Waals surface area (Å²) in [7, 11) is 27.6. The summed E-state index contributed by atoms with van der Waals surface area (Å²) in [5, 5.41) is 25.2. The van der Waals surface area contributed by atoms with Gasteiger partial charge in [-0.15, -0.1) is 36.4 Å². The number of aryl methyl sites for hydroxylation is 4. The van der Waals surface area contributed by atoms with Gasteiger partial charge in [0.1, 0.15) is 41.3 Å². The number of nitrogens with one attached hydrogen (secondary N) is 2. The Bertz CT molecular complexity index is 3770. The number of carbonyl (C=O) groups excluding carboxylic acids is 1. The van der Waals surface area contributed by atoms with Gasteiger partial charge in [-0.1, -0.05) is 255 Å². The molecule has 10 aromatic rings. The fraction of sp³-hybridized carbons (Fsp3) is 0.337. The molecule has 0 saturated heterocycles. The van der Waals surface area contributed by atoms with Crippen molar-refractivity contribution in [2.75, 3.05) is 110 Å². The monoisotopic (exact) mass is 1630 g/mol. The van der Waals surface area contributed by atoms with Crippen LogP contribution in [-0.4, -0.2) is 150 Å². The number of ether oxygens (including phenoxy) is 3. The van der Waals surface area contributed by atoms with Crippen LogP contribution < -0.4 is 24.8 Å². The molecule has 0 bridgehead atoms. The summed E-state index contributed by atoms with van der Waals surface area (Å²) >= 11 is 6.22. The van der Waals surface area contributed by atoms with Crippen molar-refractivity contribution < 1.29 is 33.4 Å². The lowest BCUT2D eigenvalue weighted by Gasteiger charge is -2.22. The molecular formula is C92H123Cl5N6O7S. The summed E-state index contributed by atoms with van der Waals surface area (Å²) in [6.07, 6.45) is 5.22. The van der Waals surface area contributed by atoms with Crippen molar-refractivity contribution in [2.24, 2.45) is 0 Å². The van der Waals surface area contributed by atoms with E-state index in [1.807, 2.05) is 224 Å². The quantitative estimate of drug-likeness (QED) is 0.0193. The molecule has 0 aliphatic rings. The first kappa shape index (κ1) is 101. The molecule has 0 radical (unpaired) electrons. The highest BCUT2D eigenvalue weighted by atomic mass is 36.0. The maximum absolute atomic E-state index is 11.5. The third-order valence-electron chi connectivity index (χ3n) is 16.8. The largest absolute Gasteiger partial charge is 0.508 e. The zero-order valence-corrected chi connectivity index (χ0v) is 72.2. The molecule has 0 amide bonds. The predicted octanol–water partition coefficient (Wildman–Crippen LogP) is 21.5. The van der Waals surface area contributed by atoms with Crippen molar-refractivity contribution in [1.29, 1.82) is 0 Å². The van der Waals surface area contributed by atoms with Crippen LogP contribution in [0.2, 0.25) is 0 Å². The number of hydrogen-bond donors (Lipinski definition) is 4. The minimum atomic E-state index is -1.67. The Labute approximate surface area is 694 Å². The van der Waals surface area contributed by atoms with Gasteiger partial charge in [-0.3, -0.25) is 4.79 Å². The third-order valence-corrected chi connectivity index (χ3v) is 17.2. The number of nitrogens with zero attached hydrogens (tertiary/aromatic N) is 4. The second-order valence-electron chi connectivity index (χ2n) is 27.0. The Kier molecular flexibility index (Phi) is 56.6. The molecule has 10 rings (SSSR count). The SMILES string of the molecule is CN(C)CCC(=O)c1ccccc1.CN(C)CCC(Cl)c1ccccc1.CN(C)CCC(O)c1ccccc1.CNCCC(Oc1ccccc1C)c1ccccc1.CNCC[C@@H](Oc1ccccc1C)c1ccccc1.Cc1ccccc1O.Cc1ccccc1OC(CCN(C)C)c1ccccc1.Cl.Cl.O=S(Cl)Cl. The molecule has 19 heteroatoms. The van der Waals surface area contributed by atoms with Crippen LogP contribution in [0.5, 0.6) is 23.0 Å². The van der Waals surface area contributed by atoms with Crippen molar-refractivity contribution in [3.05, 3.63) is 335 Å². The predicted molar refractivity (Wildman–Crippen MR) is 477 cm³/mol. The number of aliphatic hydroxyl groups excluding tert-OH is 1. The first-order valence-electron chi connectivity index (χ1n) is 37.1. The summed E-state index contributed by atoms with van der Waals surface area (Å²) in [6, 6.07) is 92.4. The Morgan fingerprint density at radius 2 is 0.649 bits per heavy atom. The molecule has 4 N–H and O–H groups in total. The highest BCUT2D eigenvalue weighted by molar-refractivity contribution is 8.26. The number of Topliss-reactive ketones (excluding diaryl/α,β-unsaturated/α-hetero) is 1. The lowest BCUT2D eigenvalue weighted by atomic mass is 10.1. The van der Waals surface area contributed by atoms with E-state index in [1.165, 1.54) is 38.9 Å². The Morgan fingerprint density at radius 3 is 0.955 bits per heavy atom. The lowest BCUT2D eigenvalue weighted by Crippen LogP contribution is -2.19. The Balaban J connectivity index is 0.000000649. The number of benzene rings is 10. The highest BCUT2D eigenvalue weighted by Gasteiger charge is 2.18. The number of para-hydroxylation sites is 4. The smallest absolute Gasteiger partial charge is 0.211 e. The van der Waals surface area contributed by atoms with Crippen molar-refractivity contribution in [3.8, 4) is 23.0 Å². The number of hydrogen-bond acceptors (Lipinski definition) is 13. The van der Waals surface area contributed by atoms with Gasteiger partial charge in [0.2, 0.25) is 9.23 Å². The zero-order chi connectivity index (χ0) is 80.0. The van der Waals surface area contributed by atoms with Gasteiger partial charge in [0.25, 0.3) is 0 Å². The fourth-order valence-corrected chi connectivity index (χ4v) is 10.7. The van der Waals surface area contributed by atoms with Crippen molar-refractivity contribution in [3.63, 3.8) is 0 Å². The second-order valence-corrected chi connectivity index (χ2v) is 30.1. The Hall–Kier alpha value is -7.61. The molecule has 5 atom stereocenters. The first-order valence-corrected chi connectivity index (χ1v) is 40.3. The van der Waals surface area contributed by atoms with Crippen LogP contribution >= 0.6 is 57.8 Å². The van der Waals surface area contributed by atoms with Gasteiger partial charge in [0.15, 0.2) is 5.78 Å². The van der Waals surface area contributed by atoms with E-state index in [4.69, 9.17) is 35.1 Å². The van der Waals surface area contributed by atoms with E-state index >= 15 is 0 Å². The van der Waals surface area contributed by atoms with Crippen molar-refractivity contribution in [1.82, 2.24) is 30.2 Å². The second kappa shape index (κ2) is 61.9. The molecule has 4 unspecified atom stereocenters. The van der Waals surface area contributed by atoms with Gasteiger partial charge >= 0.3 is 0 Å². The number of aromatic hydroxyl groups is 1. The average Bonchev–Trinajstić information content (AvgIpc) is 0.869. The fourth-order valence-electron chi connectivity index (χ4n) is 10.4. The van der Waals surface area contributed by atoms with Gasteiger partial charge in [0.05, 0.1) is 11.5 Å². The van der Waals surface area contributed by atoms with Crippen LogP contribution in [0, 0.1) is 27.7 Å². The molecule has 0 saturated carbocycles. The zero-order valence-electron chi connectivity index (χ0n) is 67.5. The molecule has 0 fully saturated rings. The van der Waals surface area contributed by atoms with E-state index in [1.54, 1.807) is 6.07 Å². The molecule has 111 heavy (non-hydrogen) atoms. The van der Waals surface area contributed by atoms with Gasteiger partial charge < -0.3 is 54.7 Å². The number of alkyl halides is 1. The number of carbonyl (C=O) groups is 1. The standard InChI is InChI=1S/C18H23NO.2C17H21NO.C11H16ClN.C11H17NO.C11H15NO.C7H8O.Cl2OS.2ClH/c1-15-9-7-8-12-17(15)20-18(13-14-19(2)3)16-10-5-4-6-11-16;2*1-14-8-6-7-11-16(14)19-17(12-13-18-2)15-9-4-3-5-10-15;1-13(2)9-8-11(12)10-6-4-3-5-7-10;2*1-12(2)9-8-11(13)10-6-4-3-5-7-10;1-6-4-2-3-5-7(6)8;1-4(2)3;;/h4-12,18H,13-14H2,1-3H3;2*3-11,17-18H,12-13H2,1-2H3;3-7,11H,8-9H2,1-2H3;3-7,11,13H,8-9H2,1-2H3;3-7H,8-9H2,1-2H3;2-5,8H,1H3;;2*1H/t;17-;;;;;;;;/m.1......../s1. The Morgan fingerprint density at radius 1 is 0.378 bits per heavy atom. The van der Waals surface area contributed by atoms with E-state index in [-0.39, 0.29) is 60.4 Å². The number of halogens is 5. The van der Waals surface area contributed by atoms with Crippen LogP contribution in [0.25, 0.3) is 0 Å². The molecule has 0 spiro atoms. The van der Waals surface area contributed by atoms with Gasteiger partial charge in [-0.2, -0.15) is 0 Å². The summed E-state index contributed by atoms with van der Waals surface area (Å²) in [4.78, 5) is 20.0. The molecule has 0 aliphatic heterocycles. The van der Waals surface area contributed by atoms with E-state index < -0.39 is 9.23 Å². The number of phenols is 1. The molecular weight excluding hydrogens is 1510 g/mol. The van der Waals surface area contributed by atoms with E-state index in [9.17, 15) is 9.90 Å². The average molecular weight is 1630 g/mol. The van der Waals surface area contributed by atoms with E-state index in [0.717, 1.165) is 105 Å². The lowest BCUT2D eigenvalue weighted by molar-refractivity contribution is 0.0972. The maximum atomic E-state index is 11.5. The molecule has 13 nitrogen and oxygen atoms in total. The third kappa shape index (κ3) is 46.9. The van der Waals surface area contributed by atoms with Crippen LogP contribution in [0.1, 0.15) is 129 Å². The van der Waals surface area contributed by atoms with Crippen molar-refractivity contribution in [2.45, 2.75) is 96.0 Å². The topological polar surface area (TPSA) is 139 Å². The van der Waals surface area contributed by atoms with Crippen LogP contribution in [-0.2, 0) is 9.23 Å². The summed E-state index contributed by atoms with van der Waals surface area (Å²) in [6.45, 7) is 13.7. The number of ketones is 1.